The Hall–Kier alpha value is -2.65. The fourth-order valence-corrected chi connectivity index (χ4v) is 7.89. The van der Waals surface area contributed by atoms with Crippen LogP contribution in [0.4, 0.5) is 0 Å². The summed E-state index contributed by atoms with van der Waals surface area (Å²) in [6, 6.07) is 11.3. The van der Waals surface area contributed by atoms with Crippen molar-refractivity contribution in [3.63, 3.8) is 0 Å². The van der Waals surface area contributed by atoms with Gasteiger partial charge in [-0.3, -0.25) is 0 Å². The summed E-state index contributed by atoms with van der Waals surface area (Å²) in [4.78, 5) is 0. The summed E-state index contributed by atoms with van der Waals surface area (Å²) >= 11 is 0. The van der Waals surface area contributed by atoms with Gasteiger partial charge in [0.15, 0.2) is 0 Å². The van der Waals surface area contributed by atoms with Gasteiger partial charge < -0.3 is 23.5 Å². The van der Waals surface area contributed by atoms with Crippen molar-refractivity contribution in [2.24, 2.45) is 5.41 Å². The van der Waals surface area contributed by atoms with Crippen molar-refractivity contribution in [1.29, 1.82) is 0 Å². The van der Waals surface area contributed by atoms with Crippen molar-refractivity contribution < 1.29 is 23.5 Å². The lowest BCUT2D eigenvalue weighted by Crippen LogP contribution is -2.13. The van der Waals surface area contributed by atoms with Crippen LogP contribution in [-0.4, -0.2) is 28.4 Å². The molecular formula is C27H35O5P. The Morgan fingerprint density at radius 2 is 1.18 bits per heavy atom. The van der Waals surface area contributed by atoms with Crippen molar-refractivity contribution in [2.75, 3.05) is 28.4 Å². The van der Waals surface area contributed by atoms with Gasteiger partial charge in [0.25, 0.3) is 0 Å². The van der Waals surface area contributed by atoms with Gasteiger partial charge >= 0.3 is 0 Å². The molecule has 33 heavy (non-hydrogen) atoms. The maximum Gasteiger partial charge on any atom is 0.126 e. The van der Waals surface area contributed by atoms with Gasteiger partial charge in [-0.15, -0.1) is 0 Å². The summed E-state index contributed by atoms with van der Waals surface area (Å²) in [6.07, 6.45) is 5.69. The van der Waals surface area contributed by atoms with Crippen LogP contribution in [0.2, 0.25) is 0 Å². The second-order valence-corrected chi connectivity index (χ2v) is 12.0. The number of methoxy groups -OCH3 is 4. The van der Waals surface area contributed by atoms with E-state index >= 15 is 4.57 Å². The third kappa shape index (κ3) is 5.30. The Balaban J connectivity index is 2.20. The third-order valence-electron chi connectivity index (χ3n) is 6.18. The van der Waals surface area contributed by atoms with Crippen LogP contribution in [0.1, 0.15) is 38.3 Å². The van der Waals surface area contributed by atoms with Crippen LogP contribution in [0, 0.1) is 5.41 Å². The molecule has 0 heterocycles. The maximum absolute atomic E-state index is 15.1. The number of rotatable bonds is 9. The number of allylic oxidation sites excluding steroid dienone is 4. The quantitative estimate of drug-likeness (QED) is 0.368. The molecule has 1 aliphatic carbocycles. The first-order chi connectivity index (χ1) is 15.7. The molecule has 0 radical (unpaired) electrons. The van der Waals surface area contributed by atoms with E-state index in [1.807, 2.05) is 36.4 Å². The monoisotopic (exact) mass is 470 g/mol. The lowest BCUT2D eigenvalue weighted by molar-refractivity contribution is 0.386. The van der Waals surface area contributed by atoms with Gasteiger partial charge in [0.2, 0.25) is 0 Å². The summed E-state index contributed by atoms with van der Waals surface area (Å²) in [7, 11) is 3.46. The topological polar surface area (TPSA) is 54.0 Å². The van der Waals surface area contributed by atoms with Crippen molar-refractivity contribution in [3.05, 3.63) is 70.6 Å². The number of hydrogen-bond acceptors (Lipinski definition) is 5. The van der Waals surface area contributed by atoms with Gasteiger partial charge in [-0.05, 0) is 43.0 Å². The highest BCUT2D eigenvalue weighted by Crippen LogP contribution is 2.65. The molecule has 0 fully saturated rings. The minimum absolute atomic E-state index is 0.0304. The van der Waals surface area contributed by atoms with E-state index < -0.39 is 7.14 Å². The molecule has 0 aromatic heterocycles. The molecule has 0 unspecified atom stereocenters. The van der Waals surface area contributed by atoms with Crippen LogP contribution in [-0.2, 0) is 16.9 Å². The van der Waals surface area contributed by atoms with Crippen LogP contribution >= 0.6 is 7.14 Å². The highest BCUT2D eigenvalue weighted by Gasteiger charge is 2.35. The average Bonchev–Trinajstić information content (AvgIpc) is 2.78. The van der Waals surface area contributed by atoms with E-state index in [0.29, 0.717) is 35.3 Å². The molecule has 2 aromatic carbocycles. The largest absolute Gasteiger partial charge is 0.496 e. The molecule has 0 aliphatic heterocycles. The molecule has 0 N–H and O–H groups in total. The molecule has 2 aromatic rings. The minimum Gasteiger partial charge on any atom is -0.496 e. The Labute approximate surface area is 197 Å². The van der Waals surface area contributed by atoms with Gasteiger partial charge in [0.05, 0.1) is 28.4 Å². The van der Waals surface area contributed by atoms with Gasteiger partial charge in [-0.1, -0.05) is 43.7 Å². The Bertz CT molecular complexity index is 1010. The molecule has 5 nitrogen and oxygen atoms in total. The van der Waals surface area contributed by atoms with E-state index in [1.165, 1.54) is 0 Å². The van der Waals surface area contributed by atoms with Gasteiger partial charge in [-0.2, -0.15) is 0 Å². The van der Waals surface area contributed by atoms with E-state index in [2.05, 4.69) is 32.9 Å². The zero-order chi connectivity index (χ0) is 24.2. The van der Waals surface area contributed by atoms with E-state index in [0.717, 1.165) is 28.4 Å². The van der Waals surface area contributed by atoms with Crippen LogP contribution in [0.3, 0.4) is 0 Å². The summed E-state index contributed by atoms with van der Waals surface area (Å²) < 4.78 is 37.6. The Morgan fingerprint density at radius 3 is 1.52 bits per heavy atom. The zero-order valence-corrected chi connectivity index (χ0v) is 21.6. The molecular weight excluding hydrogens is 435 g/mol. The van der Waals surface area contributed by atoms with Crippen LogP contribution in [0.5, 0.6) is 23.0 Å². The Kier molecular flexibility index (Phi) is 7.64. The molecule has 0 atom stereocenters. The molecule has 1 aliphatic rings. The van der Waals surface area contributed by atoms with Crippen molar-refractivity contribution in [3.8, 4) is 23.0 Å². The van der Waals surface area contributed by atoms with E-state index in [-0.39, 0.29) is 5.41 Å². The van der Waals surface area contributed by atoms with Crippen molar-refractivity contribution in [2.45, 2.75) is 39.5 Å². The normalized spacial score (nSPS) is 15.4. The number of hydrogen-bond donors (Lipinski definition) is 0. The molecule has 6 heteroatoms. The lowest BCUT2D eigenvalue weighted by Gasteiger charge is -2.31. The molecule has 0 saturated heterocycles. The summed E-state index contributed by atoms with van der Waals surface area (Å²) in [5.41, 5.74) is 2.79. The first kappa shape index (κ1) is 25.0. The molecule has 0 bridgehead atoms. The zero-order valence-electron chi connectivity index (χ0n) is 20.7. The average molecular weight is 471 g/mol. The van der Waals surface area contributed by atoms with Crippen molar-refractivity contribution in [1.82, 2.24) is 0 Å². The van der Waals surface area contributed by atoms with E-state index in [9.17, 15) is 0 Å². The predicted molar refractivity (Wildman–Crippen MR) is 134 cm³/mol. The first-order valence-electron chi connectivity index (χ1n) is 11.1. The fraction of sp³-hybridized carbons (Fsp3) is 0.407. The smallest absolute Gasteiger partial charge is 0.126 e. The van der Waals surface area contributed by atoms with Crippen LogP contribution in [0.25, 0.3) is 0 Å². The van der Waals surface area contributed by atoms with Crippen molar-refractivity contribution >= 4 is 7.14 Å². The molecule has 0 amide bonds. The Morgan fingerprint density at radius 1 is 0.788 bits per heavy atom. The first-order valence-corrected chi connectivity index (χ1v) is 13.1. The number of ether oxygens (including phenoxy) is 4. The second kappa shape index (κ2) is 10.1. The van der Waals surface area contributed by atoms with Crippen LogP contribution in [0.15, 0.2) is 59.4 Å². The summed E-state index contributed by atoms with van der Waals surface area (Å²) in [5.74, 6) is 2.67. The molecule has 3 rings (SSSR count). The second-order valence-electron chi connectivity index (χ2n) is 9.15. The summed E-state index contributed by atoms with van der Waals surface area (Å²) in [6.45, 7) is 6.48. The molecule has 0 spiro atoms. The van der Waals surface area contributed by atoms with Crippen LogP contribution < -0.4 is 18.9 Å². The highest BCUT2D eigenvalue weighted by atomic mass is 31.2. The fourth-order valence-electron chi connectivity index (χ4n) is 4.67. The SMILES string of the molecule is COc1cccc(OC)c1CP(=O)(Cc1c(OC)cccc1OC)C1=C(C)CC(C)(C)C=C1. The lowest BCUT2D eigenvalue weighted by atomic mass is 9.82. The van der Waals surface area contributed by atoms with E-state index in [1.54, 1.807) is 28.4 Å². The maximum atomic E-state index is 15.1. The minimum atomic E-state index is -3.04. The van der Waals surface area contributed by atoms with Gasteiger partial charge in [-0.25, -0.2) is 0 Å². The van der Waals surface area contributed by atoms with Gasteiger partial charge in [0.1, 0.15) is 30.1 Å². The summed E-state index contributed by atoms with van der Waals surface area (Å²) in [5, 5.41) is 0.905. The molecule has 178 valence electrons. The highest BCUT2D eigenvalue weighted by molar-refractivity contribution is 7.67. The van der Waals surface area contributed by atoms with E-state index in [4.69, 9.17) is 18.9 Å². The molecule has 0 saturated carbocycles. The standard InChI is InChI=1S/C27H35O5P/c1-19-16-27(2,3)15-14-26(19)33(28,17-20-22(29-4)10-8-11-23(20)30-5)18-21-24(31-6)12-9-13-25(21)32-7/h8-15H,16-18H2,1-7H3. The predicted octanol–water partition coefficient (Wildman–Crippen LogP) is 7.04. The van der Waals surface area contributed by atoms with Gasteiger partial charge in [0, 0.05) is 28.8 Å². The number of benzene rings is 2. The third-order valence-corrected chi connectivity index (χ3v) is 9.24.